The summed E-state index contributed by atoms with van der Waals surface area (Å²) in [7, 11) is 1.99. The number of thiophene rings is 1. The molecule has 6 nitrogen and oxygen atoms in total. The lowest BCUT2D eigenvalue weighted by Gasteiger charge is -2.14. The highest BCUT2D eigenvalue weighted by Gasteiger charge is 2.11. The molecule has 0 spiro atoms. The second-order valence-electron chi connectivity index (χ2n) is 5.81. The van der Waals surface area contributed by atoms with Crippen molar-refractivity contribution >= 4 is 63.9 Å². The van der Waals surface area contributed by atoms with Crippen LogP contribution in [0.25, 0.3) is 11.0 Å². The number of aliphatic imine (C=N–C) groups is 1. The van der Waals surface area contributed by atoms with E-state index in [0.29, 0.717) is 23.4 Å². The van der Waals surface area contributed by atoms with E-state index >= 15 is 0 Å². The molecule has 1 unspecified atom stereocenters. The van der Waals surface area contributed by atoms with Crippen LogP contribution in [0.3, 0.4) is 0 Å². The number of hydrogen-bond donors (Lipinski definition) is 3. The second-order valence-corrected chi connectivity index (χ2v) is 7.56. The lowest BCUT2D eigenvalue weighted by molar-refractivity contribution is 0.184. The van der Waals surface area contributed by atoms with Crippen LogP contribution in [0.15, 0.2) is 41.4 Å². The predicted molar refractivity (Wildman–Crippen MR) is 123 cm³/mol. The predicted octanol–water partition coefficient (Wildman–Crippen LogP) is 3.69. The van der Waals surface area contributed by atoms with Crippen LogP contribution in [0.2, 0.25) is 4.34 Å². The molecular weight excluding hydrogens is 497 g/mol. The number of hydrogen-bond acceptors (Lipinski definition) is 4. The van der Waals surface area contributed by atoms with Crippen molar-refractivity contribution in [2.75, 3.05) is 13.1 Å². The minimum Gasteiger partial charge on any atom is -0.386 e. The molecule has 2 heterocycles. The Hall–Kier alpha value is -1.36. The number of aliphatic hydroxyl groups excluding tert-OH is 1. The first-order chi connectivity index (χ1) is 12.6. The van der Waals surface area contributed by atoms with Gasteiger partial charge in [0.15, 0.2) is 5.96 Å². The summed E-state index contributed by atoms with van der Waals surface area (Å²) < 4.78 is 2.71. The molecule has 0 saturated heterocycles. The van der Waals surface area contributed by atoms with E-state index in [1.165, 1.54) is 11.3 Å². The van der Waals surface area contributed by atoms with Gasteiger partial charge in [-0.05, 0) is 31.2 Å². The van der Waals surface area contributed by atoms with Crippen LogP contribution in [-0.4, -0.2) is 33.7 Å². The Balaban J connectivity index is 0.00000261. The molecule has 0 fully saturated rings. The molecule has 146 valence electrons. The van der Waals surface area contributed by atoms with Crippen molar-refractivity contribution < 1.29 is 5.11 Å². The van der Waals surface area contributed by atoms with Gasteiger partial charge in [-0.15, -0.1) is 35.3 Å². The first kappa shape index (κ1) is 21.9. The summed E-state index contributed by atoms with van der Waals surface area (Å²) in [6, 6.07) is 11.6. The summed E-state index contributed by atoms with van der Waals surface area (Å²) in [4.78, 5) is 10.0. The van der Waals surface area contributed by atoms with Crippen molar-refractivity contribution in [1.82, 2.24) is 20.2 Å². The molecule has 3 rings (SSSR count). The van der Waals surface area contributed by atoms with Gasteiger partial charge in [0.25, 0.3) is 0 Å². The van der Waals surface area contributed by atoms with E-state index in [0.717, 1.165) is 28.3 Å². The van der Waals surface area contributed by atoms with Crippen LogP contribution in [-0.2, 0) is 13.6 Å². The van der Waals surface area contributed by atoms with E-state index < -0.39 is 6.10 Å². The third-order valence-corrected chi connectivity index (χ3v) is 5.32. The average molecular weight is 520 g/mol. The maximum absolute atomic E-state index is 10.3. The number of guanidine groups is 1. The number of para-hydroxylation sites is 2. The fourth-order valence-electron chi connectivity index (χ4n) is 2.63. The molecule has 0 amide bonds. The van der Waals surface area contributed by atoms with Crippen molar-refractivity contribution in [3.05, 3.63) is 51.4 Å². The second kappa shape index (κ2) is 10.3. The van der Waals surface area contributed by atoms with E-state index in [-0.39, 0.29) is 24.0 Å². The average Bonchev–Trinajstić information content (AvgIpc) is 3.21. The molecule has 0 radical (unpaired) electrons. The van der Waals surface area contributed by atoms with Gasteiger partial charge in [0.2, 0.25) is 0 Å². The van der Waals surface area contributed by atoms with Gasteiger partial charge in [0, 0.05) is 25.0 Å². The molecule has 0 aliphatic carbocycles. The number of nitrogens with one attached hydrogen (secondary N) is 2. The highest BCUT2D eigenvalue weighted by atomic mass is 127. The third kappa shape index (κ3) is 5.56. The Morgan fingerprint density at radius 3 is 2.74 bits per heavy atom. The first-order valence-electron chi connectivity index (χ1n) is 8.44. The summed E-state index contributed by atoms with van der Waals surface area (Å²) in [5, 5.41) is 16.6. The van der Waals surface area contributed by atoms with Crippen LogP contribution in [0, 0.1) is 0 Å². The lowest BCUT2D eigenvalue weighted by Crippen LogP contribution is -2.39. The fraction of sp³-hybridized carbons (Fsp3) is 0.333. The smallest absolute Gasteiger partial charge is 0.191 e. The Kier molecular flexibility index (Phi) is 8.33. The van der Waals surface area contributed by atoms with E-state index in [4.69, 9.17) is 11.6 Å². The Morgan fingerprint density at radius 2 is 2.07 bits per heavy atom. The molecule has 3 N–H and O–H groups in total. The Bertz CT molecular complexity index is 910. The van der Waals surface area contributed by atoms with Gasteiger partial charge in [-0.3, -0.25) is 0 Å². The molecule has 2 aromatic heterocycles. The van der Waals surface area contributed by atoms with Crippen LogP contribution in [0.4, 0.5) is 0 Å². The number of aryl methyl sites for hydroxylation is 1. The number of fused-ring (bicyclic) bond motifs is 1. The van der Waals surface area contributed by atoms with Gasteiger partial charge < -0.3 is 20.3 Å². The fourth-order valence-corrected chi connectivity index (χ4v) is 3.68. The van der Waals surface area contributed by atoms with Gasteiger partial charge in [-0.1, -0.05) is 23.7 Å². The molecule has 27 heavy (non-hydrogen) atoms. The molecule has 1 atom stereocenters. The zero-order valence-corrected chi connectivity index (χ0v) is 19.0. The standard InChI is InChI=1S/C18H22ClN5OS.HI/c1-3-20-18(21-10-14(25)15-8-9-16(19)26-15)22-11-17-23-12-6-4-5-7-13(12)24(17)2;/h4-9,14,25H,3,10-11H2,1-2H3,(H2,20,21,22);1H. The first-order valence-corrected chi connectivity index (χ1v) is 9.63. The minimum absolute atomic E-state index is 0. The molecule has 0 aliphatic heterocycles. The summed E-state index contributed by atoms with van der Waals surface area (Å²) >= 11 is 7.30. The summed E-state index contributed by atoms with van der Waals surface area (Å²) in [5.74, 6) is 1.52. The highest BCUT2D eigenvalue weighted by molar-refractivity contribution is 14.0. The number of rotatable bonds is 6. The van der Waals surface area contributed by atoms with Gasteiger partial charge in [0.05, 0.1) is 15.4 Å². The number of benzene rings is 1. The van der Waals surface area contributed by atoms with Gasteiger partial charge in [0.1, 0.15) is 18.5 Å². The maximum atomic E-state index is 10.3. The van der Waals surface area contributed by atoms with Gasteiger partial charge in [-0.25, -0.2) is 9.98 Å². The quantitative estimate of drug-likeness (QED) is 0.264. The lowest BCUT2D eigenvalue weighted by atomic mass is 10.3. The molecule has 0 saturated carbocycles. The van der Waals surface area contributed by atoms with Crippen LogP contribution >= 0.6 is 46.9 Å². The largest absolute Gasteiger partial charge is 0.386 e. The van der Waals surface area contributed by atoms with Crippen molar-refractivity contribution in [1.29, 1.82) is 0 Å². The van der Waals surface area contributed by atoms with E-state index in [2.05, 4.69) is 20.6 Å². The van der Waals surface area contributed by atoms with Crippen LogP contribution in [0.5, 0.6) is 0 Å². The molecule has 9 heteroatoms. The normalized spacial score (nSPS) is 12.7. The minimum atomic E-state index is -0.632. The highest BCUT2D eigenvalue weighted by Crippen LogP contribution is 2.26. The van der Waals surface area contributed by atoms with Crippen molar-refractivity contribution in [2.24, 2.45) is 12.0 Å². The molecular formula is C18H23ClIN5OS. The third-order valence-electron chi connectivity index (χ3n) is 3.99. The molecule has 0 bridgehead atoms. The molecule has 0 aliphatic rings. The summed E-state index contributed by atoms with van der Waals surface area (Å²) in [5.41, 5.74) is 2.05. The van der Waals surface area contributed by atoms with Gasteiger partial charge >= 0.3 is 0 Å². The maximum Gasteiger partial charge on any atom is 0.191 e. The van der Waals surface area contributed by atoms with E-state index in [1.807, 2.05) is 48.9 Å². The topological polar surface area (TPSA) is 74.5 Å². The van der Waals surface area contributed by atoms with Crippen LogP contribution < -0.4 is 10.6 Å². The molecule has 3 aromatic rings. The number of nitrogens with zero attached hydrogens (tertiary/aromatic N) is 3. The Morgan fingerprint density at radius 1 is 1.30 bits per heavy atom. The van der Waals surface area contributed by atoms with Crippen molar-refractivity contribution in [3.63, 3.8) is 0 Å². The number of aliphatic hydroxyl groups is 1. The van der Waals surface area contributed by atoms with Crippen LogP contribution in [0.1, 0.15) is 23.7 Å². The zero-order valence-electron chi connectivity index (χ0n) is 15.1. The van der Waals surface area contributed by atoms with E-state index in [9.17, 15) is 5.11 Å². The van der Waals surface area contributed by atoms with Gasteiger partial charge in [-0.2, -0.15) is 0 Å². The zero-order chi connectivity index (χ0) is 18.5. The monoisotopic (exact) mass is 519 g/mol. The number of aromatic nitrogens is 2. The van der Waals surface area contributed by atoms with Crippen molar-refractivity contribution in [2.45, 2.75) is 19.6 Å². The molecule has 1 aromatic carbocycles. The summed E-state index contributed by atoms with van der Waals surface area (Å²) in [6.07, 6.45) is -0.632. The Labute approximate surface area is 184 Å². The van der Waals surface area contributed by atoms with Crippen molar-refractivity contribution in [3.8, 4) is 0 Å². The number of imidazole rings is 1. The SMILES string of the molecule is CCNC(=NCc1nc2ccccc2n1C)NCC(O)c1ccc(Cl)s1.I. The van der Waals surface area contributed by atoms with E-state index in [1.54, 1.807) is 6.07 Å². The number of halogens is 2. The summed E-state index contributed by atoms with van der Waals surface area (Å²) in [6.45, 7) is 3.53.